The van der Waals surface area contributed by atoms with Crippen LogP contribution in [0.25, 0.3) is 0 Å². The van der Waals surface area contributed by atoms with Crippen molar-refractivity contribution in [3.63, 3.8) is 0 Å². The minimum atomic E-state index is -0.856. The van der Waals surface area contributed by atoms with Gasteiger partial charge in [0.05, 0.1) is 18.8 Å². The van der Waals surface area contributed by atoms with Gasteiger partial charge >= 0.3 is 0 Å². The zero-order valence-corrected chi connectivity index (χ0v) is 45.1. The number of hydrogen-bond acceptors (Lipinski definition) is 3. The molecule has 3 N–H and O–H groups in total. The molecule has 0 saturated heterocycles. The van der Waals surface area contributed by atoms with Gasteiger partial charge in [-0.05, 0) is 77.0 Å². The van der Waals surface area contributed by atoms with E-state index in [0.29, 0.717) is 6.42 Å². The molecule has 0 bridgehead atoms. The molecule has 2 atom stereocenters. The molecule has 392 valence electrons. The summed E-state index contributed by atoms with van der Waals surface area (Å²) in [7, 11) is 0. The van der Waals surface area contributed by atoms with E-state index in [-0.39, 0.29) is 12.5 Å². The Morgan fingerprint density at radius 3 is 0.971 bits per heavy atom. The number of unbranched alkanes of at least 4 members (excludes halogenated alkanes) is 32. The first-order valence-electron chi connectivity index (χ1n) is 29.5. The van der Waals surface area contributed by atoms with E-state index in [4.69, 9.17) is 0 Å². The maximum atomic E-state index is 12.5. The maximum absolute atomic E-state index is 12.5. The van der Waals surface area contributed by atoms with Crippen molar-refractivity contribution >= 4 is 5.91 Å². The van der Waals surface area contributed by atoms with E-state index in [0.717, 1.165) is 83.5 Å². The van der Waals surface area contributed by atoms with Crippen molar-refractivity contribution in [3.05, 3.63) is 97.2 Å². The maximum Gasteiger partial charge on any atom is 0.220 e. The molecule has 0 aromatic carbocycles. The first-order valence-corrected chi connectivity index (χ1v) is 29.5. The molecule has 0 rings (SSSR count). The van der Waals surface area contributed by atoms with Crippen LogP contribution in [0.15, 0.2) is 97.2 Å². The SMILES string of the molecule is CC/C=C\C/C=C\C/C=C\C/C=C\C/C=C\C/C=C\C/C=C\CCCCCCCC(=O)NC(CO)C(O)/C=C/CCCCCCCCCCCCCCCCCCCCCCCCCCCCC. The summed E-state index contributed by atoms with van der Waals surface area (Å²) >= 11 is 0. The summed E-state index contributed by atoms with van der Waals surface area (Å²) in [6.07, 6.45) is 87.2. The number of carbonyl (C=O) groups excluding carboxylic acids is 1. The van der Waals surface area contributed by atoms with Crippen LogP contribution in [0, 0.1) is 0 Å². The quantitative estimate of drug-likeness (QED) is 0.0420. The number of amides is 1. The largest absolute Gasteiger partial charge is 0.394 e. The van der Waals surface area contributed by atoms with Crippen LogP contribution in [0.5, 0.6) is 0 Å². The highest BCUT2D eigenvalue weighted by Crippen LogP contribution is 2.17. The Bertz CT molecular complexity index is 1250. The van der Waals surface area contributed by atoms with Crippen molar-refractivity contribution in [2.45, 2.75) is 296 Å². The van der Waals surface area contributed by atoms with Crippen molar-refractivity contribution in [2.75, 3.05) is 6.61 Å². The Labute approximate surface area is 424 Å². The Morgan fingerprint density at radius 1 is 0.368 bits per heavy atom. The number of aliphatic hydroxyl groups is 2. The fraction of sp³-hybridized carbons (Fsp3) is 0.734. The summed E-state index contributed by atoms with van der Waals surface area (Å²) < 4.78 is 0. The normalized spacial score (nSPS) is 13.5. The molecule has 4 heteroatoms. The van der Waals surface area contributed by atoms with Gasteiger partial charge in [-0.2, -0.15) is 0 Å². The zero-order chi connectivity index (χ0) is 49.2. The molecule has 0 aromatic heterocycles. The van der Waals surface area contributed by atoms with Crippen LogP contribution in [-0.2, 0) is 4.79 Å². The van der Waals surface area contributed by atoms with Crippen LogP contribution in [0.4, 0.5) is 0 Å². The second kappa shape index (κ2) is 58.6. The van der Waals surface area contributed by atoms with Crippen LogP contribution < -0.4 is 5.32 Å². The van der Waals surface area contributed by atoms with E-state index in [1.165, 1.54) is 180 Å². The molecule has 0 saturated carbocycles. The third kappa shape index (κ3) is 54.3. The number of rotatable bonds is 53. The number of carbonyl (C=O) groups is 1. The summed E-state index contributed by atoms with van der Waals surface area (Å²) in [5.74, 6) is -0.0839. The predicted molar refractivity (Wildman–Crippen MR) is 303 cm³/mol. The molecular formula is C64H113NO3. The average Bonchev–Trinajstić information content (AvgIpc) is 3.34. The molecule has 0 heterocycles. The molecule has 4 nitrogen and oxygen atoms in total. The summed E-state index contributed by atoms with van der Waals surface area (Å²) in [6.45, 7) is 4.20. The monoisotopic (exact) mass is 944 g/mol. The van der Waals surface area contributed by atoms with Gasteiger partial charge in [0.2, 0.25) is 5.91 Å². The standard InChI is InChI=1S/C64H113NO3/c1-3-5-7-9-11-13-15-17-19-21-23-25-27-29-31-32-34-35-37-39-41-43-45-47-49-51-53-55-57-59-63(67)62(61-66)65-64(68)60-58-56-54-52-50-48-46-44-42-40-38-36-33-30-28-26-24-22-20-18-16-14-12-10-8-6-4-2/h6,8,12,14,18,20,24,26,30,33,38,40,44,46,57,59,62-63,66-67H,3-5,7,9-11,13,15-17,19,21-23,25,27-29,31-32,34-37,39,41-43,45,47-56,58,60-61H2,1-2H3,(H,65,68)/b8-6-,14-12-,20-18-,26-24-,33-30-,40-38-,46-44-,59-57+. The van der Waals surface area contributed by atoms with E-state index < -0.39 is 12.1 Å². The van der Waals surface area contributed by atoms with Gasteiger partial charge in [-0.25, -0.2) is 0 Å². The lowest BCUT2D eigenvalue weighted by molar-refractivity contribution is -0.123. The Balaban J connectivity index is 3.57. The van der Waals surface area contributed by atoms with Crippen molar-refractivity contribution < 1.29 is 15.0 Å². The summed E-state index contributed by atoms with van der Waals surface area (Å²) in [4.78, 5) is 12.5. The molecule has 68 heavy (non-hydrogen) atoms. The average molecular weight is 945 g/mol. The van der Waals surface area contributed by atoms with Gasteiger partial charge in [-0.3, -0.25) is 4.79 Å². The van der Waals surface area contributed by atoms with Gasteiger partial charge in [0.25, 0.3) is 0 Å². The molecule has 0 aliphatic rings. The van der Waals surface area contributed by atoms with Gasteiger partial charge in [0, 0.05) is 6.42 Å². The Kier molecular flexibility index (Phi) is 56.3. The second-order valence-electron chi connectivity index (χ2n) is 19.7. The molecule has 2 unspecified atom stereocenters. The molecule has 0 spiro atoms. The molecular weight excluding hydrogens is 831 g/mol. The topological polar surface area (TPSA) is 69.6 Å². The summed E-state index contributed by atoms with van der Waals surface area (Å²) in [6, 6.07) is -0.641. The highest BCUT2D eigenvalue weighted by atomic mass is 16.3. The third-order valence-electron chi connectivity index (χ3n) is 13.1. The Morgan fingerprint density at radius 2 is 0.647 bits per heavy atom. The van der Waals surface area contributed by atoms with Gasteiger partial charge in [0.1, 0.15) is 0 Å². The van der Waals surface area contributed by atoms with Crippen LogP contribution in [0.2, 0.25) is 0 Å². The van der Waals surface area contributed by atoms with Crippen molar-refractivity contribution in [1.82, 2.24) is 5.32 Å². The molecule has 0 aliphatic heterocycles. The smallest absolute Gasteiger partial charge is 0.220 e. The van der Waals surface area contributed by atoms with E-state index in [1.807, 2.05) is 6.08 Å². The lowest BCUT2D eigenvalue weighted by Crippen LogP contribution is -2.45. The van der Waals surface area contributed by atoms with Crippen LogP contribution >= 0.6 is 0 Å². The first-order chi connectivity index (χ1) is 33.7. The molecule has 0 aromatic rings. The molecule has 0 aliphatic carbocycles. The van der Waals surface area contributed by atoms with E-state index in [2.05, 4.69) is 104 Å². The van der Waals surface area contributed by atoms with Crippen molar-refractivity contribution in [1.29, 1.82) is 0 Å². The van der Waals surface area contributed by atoms with Crippen LogP contribution in [0.1, 0.15) is 284 Å². The van der Waals surface area contributed by atoms with Gasteiger partial charge in [-0.1, -0.05) is 297 Å². The number of aliphatic hydroxyl groups excluding tert-OH is 2. The van der Waals surface area contributed by atoms with Crippen molar-refractivity contribution in [2.24, 2.45) is 0 Å². The van der Waals surface area contributed by atoms with Gasteiger partial charge in [0.15, 0.2) is 0 Å². The van der Waals surface area contributed by atoms with E-state index in [1.54, 1.807) is 6.08 Å². The molecule has 0 radical (unpaired) electrons. The Hall–Kier alpha value is -2.69. The first kappa shape index (κ1) is 65.3. The molecule has 0 fully saturated rings. The second-order valence-corrected chi connectivity index (χ2v) is 19.7. The van der Waals surface area contributed by atoms with Crippen molar-refractivity contribution in [3.8, 4) is 0 Å². The molecule has 1 amide bonds. The van der Waals surface area contributed by atoms with Gasteiger partial charge in [-0.15, -0.1) is 0 Å². The van der Waals surface area contributed by atoms with Crippen LogP contribution in [-0.4, -0.2) is 34.9 Å². The lowest BCUT2D eigenvalue weighted by atomic mass is 10.0. The highest BCUT2D eigenvalue weighted by molar-refractivity contribution is 5.76. The minimum absolute atomic E-state index is 0.0839. The number of allylic oxidation sites excluding steroid dienone is 15. The lowest BCUT2D eigenvalue weighted by Gasteiger charge is -2.20. The van der Waals surface area contributed by atoms with E-state index >= 15 is 0 Å². The van der Waals surface area contributed by atoms with Gasteiger partial charge < -0.3 is 15.5 Å². The summed E-state index contributed by atoms with van der Waals surface area (Å²) in [5, 5.41) is 23.2. The van der Waals surface area contributed by atoms with E-state index in [9.17, 15) is 15.0 Å². The third-order valence-corrected chi connectivity index (χ3v) is 13.1. The number of nitrogens with one attached hydrogen (secondary N) is 1. The summed E-state index contributed by atoms with van der Waals surface area (Å²) in [5.41, 5.74) is 0. The predicted octanol–water partition coefficient (Wildman–Crippen LogP) is 19.7. The minimum Gasteiger partial charge on any atom is -0.394 e. The fourth-order valence-electron chi connectivity index (χ4n) is 8.63. The fourth-order valence-corrected chi connectivity index (χ4v) is 8.63. The van der Waals surface area contributed by atoms with Crippen LogP contribution in [0.3, 0.4) is 0 Å². The number of hydrogen-bond donors (Lipinski definition) is 3. The zero-order valence-electron chi connectivity index (χ0n) is 45.1. The highest BCUT2D eigenvalue weighted by Gasteiger charge is 2.18.